The molecule has 1 rings (SSSR count). The number of nitrogens with zero attached hydrogens (tertiary/aromatic N) is 1. The number of hydrogen-bond acceptors (Lipinski definition) is 5. The first-order chi connectivity index (χ1) is 8.01. The lowest BCUT2D eigenvalue weighted by Gasteiger charge is -2.05. The van der Waals surface area contributed by atoms with Crippen LogP contribution >= 0.6 is 15.9 Å². The van der Waals surface area contributed by atoms with E-state index in [1.807, 2.05) is 0 Å². The minimum Gasteiger partial charge on any atom is -0.462 e. The van der Waals surface area contributed by atoms with E-state index in [0.29, 0.717) is 6.29 Å². The molecule has 90 valence electrons. The lowest BCUT2D eigenvalue weighted by atomic mass is 10.1. The van der Waals surface area contributed by atoms with Crippen molar-refractivity contribution in [3.05, 3.63) is 37.8 Å². The molecule has 0 spiro atoms. The maximum atomic E-state index is 11.5. The van der Waals surface area contributed by atoms with Crippen molar-refractivity contribution < 1.29 is 19.2 Å². The van der Waals surface area contributed by atoms with Crippen molar-refractivity contribution in [1.82, 2.24) is 0 Å². The van der Waals surface area contributed by atoms with Gasteiger partial charge < -0.3 is 4.74 Å². The highest BCUT2D eigenvalue weighted by atomic mass is 79.9. The summed E-state index contributed by atoms with van der Waals surface area (Å²) in [5, 5.41) is 10.7. The Morgan fingerprint density at radius 1 is 1.59 bits per heavy atom. The summed E-state index contributed by atoms with van der Waals surface area (Å²) in [4.78, 5) is 32.2. The summed E-state index contributed by atoms with van der Waals surface area (Å²) in [5.41, 5.74) is -0.344. The van der Waals surface area contributed by atoms with Crippen molar-refractivity contribution in [3.63, 3.8) is 0 Å². The lowest BCUT2D eigenvalue weighted by Crippen LogP contribution is -2.07. The zero-order chi connectivity index (χ0) is 13.0. The van der Waals surface area contributed by atoms with Crippen molar-refractivity contribution >= 4 is 33.9 Å². The Morgan fingerprint density at radius 3 is 2.71 bits per heavy atom. The van der Waals surface area contributed by atoms with Crippen LogP contribution in [0, 0.1) is 10.1 Å². The molecule has 6 nitrogen and oxygen atoms in total. The fourth-order valence-electron chi connectivity index (χ4n) is 1.19. The van der Waals surface area contributed by atoms with E-state index >= 15 is 0 Å². The lowest BCUT2D eigenvalue weighted by molar-refractivity contribution is -0.385. The molecule has 0 aliphatic heterocycles. The molecule has 1 aromatic rings. The average Bonchev–Trinajstić information content (AvgIpc) is 2.29. The number of ether oxygens (including phenoxy) is 1. The summed E-state index contributed by atoms with van der Waals surface area (Å²) in [6.07, 6.45) is 0.433. The summed E-state index contributed by atoms with van der Waals surface area (Å²) in [5.74, 6) is -0.717. The molecule has 0 saturated heterocycles. The quantitative estimate of drug-likeness (QED) is 0.369. The van der Waals surface area contributed by atoms with Gasteiger partial charge in [-0.1, -0.05) is 0 Å². The molecule has 0 aliphatic carbocycles. The van der Waals surface area contributed by atoms with Gasteiger partial charge in [-0.15, -0.1) is 0 Å². The van der Waals surface area contributed by atoms with Gasteiger partial charge in [-0.3, -0.25) is 14.9 Å². The van der Waals surface area contributed by atoms with Crippen LogP contribution in [0.15, 0.2) is 16.6 Å². The minimum atomic E-state index is -0.717. The number of rotatable bonds is 4. The van der Waals surface area contributed by atoms with Gasteiger partial charge in [0.25, 0.3) is 5.69 Å². The second-order valence-corrected chi connectivity index (χ2v) is 3.79. The molecule has 0 bridgehead atoms. The van der Waals surface area contributed by atoms with Crippen LogP contribution in [-0.4, -0.2) is 23.8 Å². The number of nitro benzene ring substituents is 1. The van der Waals surface area contributed by atoms with Crippen molar-refractivity contribution in [2.45, 2.75) is 6.92 Å². The summed E-state index contributed by atoms with van der Waals surface area (Å²) < 4.78 is 4.74. The largest absolute Gasteiger partial charge is 0.462 e. The maximum Gasteiger partial charge on any atom is 0.339 e. The van der Waals surface area contributed by atoms with E-state index < -0.39 is 10.9 Å². The van der Waals surface area contributed by atoms with Crippen LogP contribution in [0.2, 0.25) is 0 Å². The van der Waals surface area contributed by atoms with E-state index in [9.17, 15) is 19.7 Å². The molecule has 0 amide bonds. The van der Waals surface area contributed by atoms with Crippen molar-refractivity contribution in [3.8, 4) is 0 Å². The normalized spacial score (nSPS) is 9.76. The number of nitro groups is 1. The molecule has 0 unspecified atom stereocenters. The Kier molecular flexibility index (Phi) is 4.33. The number of aldehydes is 1. The average molecular weight is 302 g/mol. The number of carbonyl (C=O) groups is 2. The second kappa shape index (κ2) is 5.53. The molecule has 0 fully saturated rings. The molecule has 0 radical (unpaired) electrons. The first kappa shape index (κ1) is 13.3. The van der Waals surface area contributed by atoms with Crippen LogP contribution < -0.4 is 0 Å². The molecule has 0 aliphatic rings. The third kappa shape index (κ3) is 2.88. The third-order valence-corrected chi connectivity index (χ3v) is 2.74. The Balaban J connectivity index is 3.38. The smallest absolute Gasteiger partial charge is 0.339 e. The van der Waals surface area contributed by atoms with E-state index in [2.05, 4.69) is 15.9 Å². The van der Waals surface area contributed by atoms with Crippen LogP contribution in [-0.2, 0) is 4.74 Å². The topological polar surface area (TPSA) is 86.5 Å². The molecular weight excluding hydrogens is 294 g/mol. The number of carbonyl (C=O) groups excluding carboxylic acids is 2. The molecule has 1 aromatic carbocycles. The Bertz CT molecular complexity index is 486. The van der Waals surface area contributed by atoms with Gasteiger partial charge in [0.15, 0.2) is 0 Å². The van der Waals surface area contributed by atoms with Crippen molar-refractivity contribution in [1.29, 1.82) is 0 Å². The highest BCUT2D eigenvalue weighted by Crippen LogP contribution is 2.30. The summed E-state index contributed by atoms with van der Waals surface area (Å²) in [7, 11) is 0. The van der Waals surface area contributed by atoms with Gasteiger partial charge in [-0.25, -0.2) is 4.79 Å². The zero-order valence-electron chi connectivity index (χ0n) is 8.81. The van der Waals surface area contributed by atoms with Crippen LogP contribution in [0.5, 0.6) is 0 Å². The fraction of sp³-hybridized carbons (Fsp3) is 0.200. The van der Waals surface area contributed by atoms with Crippen LogP contribution in [0.25, 0.3) is 0 Å². The third-order valence-electron chi connectivity index (χ3n) is 1.90. The molecule has 7 heteroatoms. The summed E-state index contributed by atoms with van der Waals surface area (Å²) in [6, 6.07) is 2.32. The number of esters is 1. The van der Waals surface area contributed by atoms with Gasteiger partial charge >= 0.3 is 5.97 Å². The van der Waals surface area contributed by atoms with Gasteiger partial charge in [0.2, 0.25) is 0 Å². The van der Waals surface area contributed by atoms with Gasteiger partial charge in [0, 0.05) is 11.6 Å². The van der Waals surface area contributed by atoms with E-state index in [4.69, 9.17) is 4.74 Å². The highest BCUT2D eigenvalue weighted by molar-refractivity contribution is 9.10. The molecule has 0 aromatic heterocycles. The van der Waals surface area contributed by atoms with E-state index in [0.717, 1.165) is 6.07 Å². The van der Waals surface area contributed by atoms with Crippen molar-refractivity contribution in [2.24, 2.45) is 0 Å². The molecule has 0 saturated carbocycles. The molecule has 0 atom stereocenters. The number of halogens is 1. The van der Waals surface area contributed by atoms with Gasteiger partial charge in [-0.05, 0) is 28.9 Å². The Labute approximate surface area is 105 Å². The van der Waals surface area contributed by atoms with Gasteiger partial charge in [0.1, 0.15) is 10.8 Å². The van der Waals surface area contributed by atoms with E-state index in [1.54, 1.807) is 6.92 Å². The maximum absolute atomic E-state index is 11.5. The zero-order valence-corrected chi connectivity index (χ0v) is 10.4. The summed E-state index contributed by atoms with van der Waals surface area (Å²) in [6.45, 7) is 1.76. The van der Waals surface area contributed by atoms with Crippen LogP contribution in [0.3, 0.4) is 0 Å². The molecule has 0 heterocycles. The monoisotopic (exact) mass is 301 g/mol. The van der Waals surface area contributed by atoms with Crippen molar-refractivity contribution in [2.75, 3.05) is 6.61 Å². The highest BCUT2D eigenvalue weighted by Gasteiger charge is 2.22. The SMILES string of the molecule is CCOC(=O)c1cc(C=O)cc([N+](=O)[O-])c1Br. The first-order valence-electron chi connectivity index (χ1n) is 4.61. The van der Waals surface area contributed by atoms with Gasteiger partial charge in [0.05, 0.1) is 17.1 Å². The van der Waals surface area contributed by atoms with E-state index in [-0.39, 0.29) is 27.9 Å². The first-order valence-corrected chi connectivity index (χ1v) is 5.40. The van der Waals surface area contributed by atoms with E-state index in [1.165, 1.54) is 6.07 Å². The Morgan fingerprint density at radius 2 is 2.24 bits per heavy atom. The van der Waals surface area contributed by atoms with Crippen LogP contribution in [0.4, 0.5) is 5.69 Å². The standard InChI is InChI=1S/C10H8BrNO5/c1-2-17-10(14)7-3-6(5-13)4-8(9(7)11)12(15)16/h3-5H,2H2,1H3. The molecule has 17 heavy (non-hydrogen) atoms. The second-order valence-electron chi connectivity index (χ2n) is 3.00. The number of hydrogen-bond donors (Lipinski definition) is 0. The molecular formula is C10H8BrNO5. The predicted molar refractivity (Wildman–Crippen MR) is 62.1 cm³/mol. The van der Waals surface area contributed by atoms with Crippen LogP contribution in [0.1, 0.15) is 27.6 Å². The van der Waals surface area contributed by atoms with Gasteiger partial charge in [-0.2, -0.15) is 0 Å². The summed E-state index contributed by atoms with van der Waals surface area (Å²) >= 11 is 2.96. The predicted octanol–water partition coefficient (Wildman–Crippen LogP) is 2.35. The Hall–Kier alpha value is -1.76. The fourth-order valence-corrected chi connectivity index (χ4v) is 1.72. The number of benzene rings is 1. The minimum absolute atomic E-state index is 0.00606. The molecule has 0 N–H and O–H groups in total.